The van der Waals surface area contributed by atoms with Gasteiger partial charge in [0.05, 0.1) is 0 Å². The van der Waals surface area contributed by atoms with Crippen LogP contribution in [0, 0.1) is 6.92 Å². The second-order valence-electron chi connectivity index (χ2n) is 5.81. The van der Waals surface area contributed by atoms with Crippen molar-refractivity contribution in [2.24, 2.45) is 0 Å². The third kappa shape index (κ3) is 3.59. The lowest BCUT2D eigenvalue weighted by atomic mass is 10.0. The Hall–Kier alpha value is -2.63. The zero-order valence-corrected chi connectivity index (χ0v) is 13.1. The van der Waals surface area contributed by atoms with Gasteiger partial charge in [-0.3, -0.25) is 9.59 Å². The van der Waals surface area contributed by atoms with Crippen molar-refractivity contribution in [1.82, 2.24) is 15.3 Å². The van der Waals surface area contributed by atoms with E-state index in [0.717, 1.165) is 37.4 Å². The summed E-state index contributed by atoms with van der Waals surface area (Å²) in [5.41, 5.74) is 0.575. The molecule has 3 heterocycles. The topological polar surface area (TPSA) is 78.1 Å². The van der Waals surface area contributed by atoms with Gasteiger partial charge in [-0.1, -0.05) is 6.07 Å². The third-order valence-electron chi connectivity index (χ3n) is 4.10. The minimum atomic E-state index is -0.339. The molecule has 1 aliphatic rings. The summed E-state index contributed by atoms with van der Waals surface area (Å²) in [6.07, 6.45) is 3.46. The molecule has 1 aliphatic heterocycles. The van der Waals surface area contributed by atoms with Crippen molar-refractivity contribution < 1.29 is 4.79 Å². The number of anilines is 1. The third-order valence-corrected chi connectivity index (χ3v) is 4.10. The number of carbonyl (C=O) groups excluding carboxylic acids is 1. The van der Waals surface area contributed by atoms with Crippen molar-refractivity contribution in [2.75, 3.05) is 18.0 Å². The fraction of sp³-hybridized carbons (Fsp3) is 0.353. The van der Waals surface area contributed by atoms with Crippen LogP contribution in [-0.2, 0) is 0 Å². The molecule has 6 heteroatoms. The van der Waals surface area contributed by atoms with Crippen LogP contribution in [0.5, 0.6) is 0 Å². The van der Waals surface area contributed by atoms with E-state index in [-0.39, 0.29) is 23.1 Å². The van der Waals surface area contributed by atoms with Crippen LogP contribution in [0.1, 0.15) is 28.9 Å². The molecule has 0 atom stereocenters. The first-order chi connectivity index (χ1) is 11.1. The maximum atomic E-state index is 12.2. The van der Waals surface area contributed by atoms with Gasteiger partial charge in [0.25, 0.3) is 11.5 Å². The van der Waals surface area contributed by atoms with Crippen LogP contribution in [0.2, 0.25) is 0 Å². The Morgan fingerprint density at radius 2 is 2.04 bits per heavy atom. The Balaban J connectivity index is 1.58. The monoisotopic (exact) mass is 312 g/mol. The van der Waals surface area contributed by atoms with E-state index in [0.29, 0.717) is 0 Å². The Labute approximate surface area is 134 Å². The van der Waals surface area contributed by atoms with Crippen LogP contribution < -0.4 is 15.8 Å². The quantitative estimate of drug-likeness (QED) is 0.900. The maximum Gasteiger partial charge on any atom is 0.260 e. The van der Waals surface area contributed by atoms with Gasteiger partial charge >= 0.3 is 0 Å². The van der Waals surface area contributed by atoms with Crippen LogP contribution in [0.3, 0.4) is 0 Å². The van der Waals surface area contributed by atoms with Crippen molar-refractivity contribution in [3.05, 3.63) is 58.1 Å². The largest absolute Gasteiger partial charge is 0.356 e. The van der Waals surface area contributed by atoms with Crippen LogP contribution in [-0.4, -0.2) is 35.0 Å². The number of piperidine rings is 1. The number of pyridine rings is 2. The second kappa shape index (κ2) is 6.64. The molecule has 0 aromatic carbocycles. The minimum absolute atomic E-state index is 0.0863. The highest BCUT2D eigenvalue weighted by molar-refractivity contribution is 5.94. The molecular weight excluding hydrogens is 292 g/mol. The van der Waals surface area contributed by atoms with Gasteiger partial charge in [-0.15, -0.1) is 0 Å². The fourth-order valence-electron chi connectivity index (χ4n) is 2.81. The Bertz CT molecular complexity index is 734. The van der Waals surface area contributed by atoms with Gasteiger partial charge in [0.2, 0.25) is 0 Å². The number of aromatic nitrogens is 2. The SMILES string of the molecule is Cc1ccc(C(=O)NC2CCN(c3ccccn3)CC2)c(=O)[nH]1. The van der Waals surface area contributed by atoms with Gasteiger partial charge in [0, 0.05) is 31.0 Å². The number of hydrogen-bond acceptors (Lipinski definition) is 4. The molecule has 0 radical (unpaired) electrons. The summed E-state index contributed by atoms with van der Waals surface area (Å²) in [6.45, 7) is 3.47. The summed E-state index contributed by atoms with van der Waals surface area (Å²) >= 11 is 0. The van der Waals surface area contributed by atoms with E-state index in [4.69, 9.17) is 0 Å². The number of nitrogens with zero attached hydrogens (tertiary/aromatic N) is 2. The van der Waals surface area contributed by atoms with Gasteiger partial charge in [0.15, 0.2) is 0 Å². The zero-order chi connectivity index (χ0) is 16.2. The molecule has 2 aromatic heterocycles. The van der Waals surface area contributed by atoms with E-state index in [1.165, 1.54) is 0 Å². The highest BCUT2D eigenvalue weighted by Crippen LogP contribution is 2.17. The molecule has 0 spiro atoms. The van der Waals surface area contributed by atoms with Crippen molar-refractivity contribution >= 4 is 11.7 Å². The molecule has 0 aliphatic carbocycles. The molecular formula is C17H20N4O2. The lowest BCUT2D eigenvalue weighted by Crippen LogP contribution is -2.45. The minimum Gasteiger partial charge on any atom is -0.356 e. The first-order valence-corrected chi connectivity index (χ1v) is 7.80. The summed E-state index contributed by atoms with van der Waals surface area (Å²) < 4.78 is 0. The average molecular weight is 312 g/mol. The van der Waals surface area contributed by atoms with Crippen LogP contribution in [0.4, 0.5) is 5.82 Å². The summed E-state index contributed by atoms with van der Waals surface area (Å²) in [5.74, 6) is 0.662. The number of aryl methyl sites for hydroxylation is 1. The number of hydrogen-bond donors (Lipinski definition) is 2. The Kier molecular flexibility index (Phi) is 4.41. The molecule has 1 fully saturated rings. The number of rotatable bonds is 3. The van der Waals surface area contributed by atoms with Crippen molar-refractivity contribution in [3.8, 4) is 0 Å². The molecule has 0 saturated carbocycles. The normalized spacial score (nSPS) is 15.4. The molecule has 0 unspecified atom stereocenters. The second-order valence-corrected chi connectivity index (χ2v) is 5.81. The highest BCUT2D eigenvalue weighted by atomic mass is 16.2. The van der Waals surface area contributed by atoms with Gasteiger partial charge in [-0.05, 0) is 44.0 Å². The lowest BCUT2D eigenvalue weighted by molar-refractivity contribution is 0.0929. The molecule has 1 saturated heterocycles. The summed E-state index contributed by atoms with van der Waals surface area (Å²) in [4.78, 5) is 33.3. The van der Waals surface area contributed by atoms with Gasteiger partial charge in [-0.25, -0.2) is 4.98 Å². The number of H-pyrrole nitrogens is 1. The Morgan fingerprint density at radius 3 is 2.70 bits per heavy atom. The predicted molar refractivity (Wildman–Crippen MR) is 88.7 cm³/mol. The van der Waals surface area contributed by atoms with E-state index >= 15 is 0 Å². The smallest absolute Gasteiger partial charge is 0.260 e. The maximum absolute atomic E-state index is 12.2. The van der Waals surface area contributed by atoms with Gasteiger partial charge in [-0.2, -0.15) is 0 Å². The molecule has 1 amide bonds. The van der Waals surface area contributed by atoms with Crippen LogP contribution in [0.15, 0.2) is 41.3 Å². The first kappa shape index (κ1) is 15.3. The van der Waals surface area contributed by atoms with E-state index in [1.807, 2.05) is 18.2 Å². The highest BCUT2D eigenvalue weighted by Gasteiger charge is 2.22. The van der Waals surface area contributed by atoms with Crippen molar-refractivity contribution in [1.29, 1.82) is 0 Å². The predicted octanol–water partition coefficient (Wildman–Crippen LogP) is 1.48. The van der Waals surface area contributed by atoms with E-state index in [2.05, 4.69) is 20.2 Å². The standard InChI is InChI=1S/C17H20N4O2/c1-12-5-6-14(16(22)19-12)17(23)20-13-7-10-21(11-8-13)15-4-2-3-9-18-15/h2-6,9,13H,7-8,10-11H2,1H3,(H,19,22)(H,20,23). The van der Waals surface area contributed by atoms with E-state index < -0.39 is 0 Å². The number of nitrogens with one attached hydrogen (secondary N) is 2. The van der Waals surface area contributed by atoms with Crippen molar-refractivity contribution in [3.63, 3.8) is 0 Å². The lowest BCUT2D eigenvalue weighted by Gasteiger charge is -2.33. The average Bonchev–Trinajstić information content (AvgIpc) is 2.56. The van der Waals surface area contributed by atoms with E-state index in [1.54, 1.807) is 25.3 Å². The van der Waals surface area contributed by atoms with E-state index in [9.17, 15) is 9.59 Å². The molecule has 2 aromatic rings. The molecule has 6 nitrogen and oxygen atoms in total. The molecule has 120 valence electrons. The molecule has 2 N–H and O–H groups in total. The first-order valence-electron chi connectivity index (χ1n) is 7.80. The molecule has 23 heavy (non-hydrogen) atoms. The summed E-state index contributed by atoms with van der Waals surface area (Å²) in [5, 5.41) is 2.96. The fourth-order valence-corrected chi connectivity index (χ4v) is 2.81. The number of carbonyl (C=O) groups is 1. The number of amides is 1. The van der Waals surface area contributed by atoms with Crippen LogP contribution >= 0.6 is 0 Å². The summed E-state index contributed by atoms with van der Waals surface area (Å²) in [6, 6.07) is 9.26. The van der Waals surface area contributed by atoms with Crippen LogP contribution in [0.25, 0.3) is 0 Å². The molecule has 0 bridgehead atoms. The number of aromatic amines is 1. The zero-order valence-electron chi connectivity index (χ0n) is 13.1. The Morgan fingerprint density at radius 1 is 1.26 bits per heavy atom. The molecule has 3 rings (SSSR count). The van der Waals surface area contributed by atoms with Gasteiger partial charge in [0.1, 0.15) is 11.4 Å². The summed E-state index contributed by atoms with van der Waals surface area (Å²) in [7, 11) is 0. The van der Waals surface area contributed by atoms with Gasteiger partial charge < -0.3 is 15.2 Å². The van der Waals surface area contributed by atoms with Crippen molar-refractivity contribution in [2.45, 2.75) is 25.8 Å².